The lowest BCUT2D eigenvalue weighted by atomic mass is 9.83. The van der Waals surface area contributed by atoms with E-state index in [9.17, 15) is 0 Å². The van der Waals surface area contributed by atoms with E-state index in [1.54, 1.807) is 0 Å². The van der Waals surface area contributed by atoms with E-state index < -0.39 is 0 Å². The molecule has 86 valence electrons. The molecule has 1 unspecified atom stereocenters. The molecule has 0 N–H and O–H groups in total. The van der Waals surface area contributed by atoms with E-state index in [0.29, 0.717) is 11.8 Å². The lowest BCUT2D eigenvalue weighted by Crippen LogP contribution is -2.10. The van der Waals surface area contributed by atoms with Crippen LogP contribution < -0.4 is 0 Å². The first kappa shape index (κ1) is 14.2. The zero-order valence-corrected chi connectivity index (χ0v) is 10.9. The van der Waals surface area contributed by atoms with Crippen LogP contribution in [-0.4, -0.2) is 0 Å². The van der Waals surface area contributed by atoms with Crippen molar-refractivity contribution < 1.29 is 0 Å². The monoisotopic (exact) mass is 207 g/mol. The second-order valence-corrected chi connectivity index (χ2v) is 5.82. The Morgan fingerprint density at radius 2 is 2.00 bits per heavy atom. The van der Waals surface area contributed by atoms with Crippen LogP contribution in [0, 0.1) is 22.7 Å². The van der Waals surface area contributed by atoms with Crippen molar-refractivity contribution in [3.05, 3.63) is 11.6 Å². The Morgan fingerprint density at radius 1 is 1.40 bits per heavy atom. The normalized spacial score (nSPS) is 14.8. The molecule has 0 saturated heterocycles. The largest absolute Gasteiger partial charge is 0.198 e. The van der Waals surface area contributed by atoms with Crippen molar-refractivity contribution in [3.8, 4) is 6.07 Å². The van der Waals surface area contributed by atoms with Gasteiger partial charge >= 0.3 is 0 Å². The van der Waals surface area contributed by atoms with Crippen LogP contribution in [0.1, 0.15) is 60.3 Å². The van der Waals surface area contributed by atoms with Crippen molar-refractivity contribution in [1.29, 1.82) is 5.26 Å². The average Bonchev–Trinajstić information content (AvgIpc) is 2.08. The summed E-state index contributed by atoms with van der Waals surface area (Å²) in [6.45, 7) is 11.3. The molecule has 15 heavy (non-hydrogen) atoms. The van der Waals surface area contributed by atoms with Gasteiger partial charge in [-0.05, 0) is 37.5 Å². The lowest BCUT2D eigenvalue weighted by Gasteiger charge is -2.23. The SMILES string of the molecule is C/C(=C\CC#N)CCC(C)CC(C)(C)C. The van der Waals surface area contributed by atoms with Crippen LogP contribution in [0.5, 0.6) is 0 Å². The number of nitrogens with zero attached hydrogens (tertiary/aromatic N) is 1. The number of hydrogen-bond acceptors (Lipinski definition) is 1. The molecule has 0 aromatic rings. The minimum absolute atomic E-state index is 0.434. The average molecular weight is 207 g/mol. The molecule has 0 aliphatic heterocycles. The zero-order chi connectivity index (χ0) is 11.9. The van der Waals surface area contributed by atoms with Crippen molar-refractivity contribution in [2.75, 3.05) is 0 Å². The molecule has 0 radical (unpaired) electrons. The van der Waals surface area contributed by atoms with Crippen molar-refractivity contribution in [1.82, 2.24) is 0 Å². The molecule has 0 aromatic heterocycles. The predicted molar refractivity (Wildman–Crippen MR) is 66.5 cm³/mol. The molecule has 0 aromatic carbocycles. The second-order valence-electron chi connectivity index (χ2n) is 5.82. The van der Waals surface area contributed by atoms with Crippen molar-refractivity contribution in [3.63, 3.8) is 0 Å². The standard InChI is InChI=1S/C14H25N/c1-12(7-6-10-15)8-9-13(2)11-14(3,4)5/h7,13H,6,8-9,11H2,1-5H3/b12-7+. The van der Waals surface area contributed by atoms with Gasteiger partial charge in [0.2, 0.25) is 0 Å². The van der Waals surface area contributed by atoms with E-state index in [0.717, 1.165) is 12.3 Å². The van der Waals surface area contributed by atoms with Gasteiger partial charge < -0.3 is 0 Å². The summed E-state index contributed by atoms with van der Waals surface area (Å²) in [5.41, 5.74) is 1.79. The molecular weight excluding hydrogens is 182 g/mol. The minimum Gasteiger partial charge on any atom is -0.198 e. The van der Waals surface area contributed by atoms with Gasteiger partial charge in [-0.2, -0.15) is 5.26 Å². The summed E-state index contributed by atoms with van der Waals surface area (Å²) in [7, 11) is 0. The fraction of sp³-hybridized carbons (Fsp3) is 0.786. The Balaban J connectivity index is 3.81. The Bertz CT molecular complexity index is 237. The summed E-state index contributed by atoms with van der Waals surface area (Å²) < 4.78 is 0. The molecule has 1 heteroatoms. The summed E-state index contributed by atoms with van der Waals surface area (Å²) >= 11 is 0. The van der Waals surface area contributed by atoms with Gasteiger partial charge in [-0.25, -0.2) is 0 Å². The van der Waals surface area contributed by atoms with Gasteiger partial charge in [0.25, 0.3) is 0 Å². The van der Waals surface area contributed by atoms with Crippen LogP contribution in [-0.2, 0) is 0 Å². The smallest absolute Gasteiger partial charge is 0.0663 e. The maximum atomic E-state index is 8.45. The zero-order valence-electron chi connectivity index (χ0n) is 10.9. The molecule has 1 nitrogen and oxygen atoms in total. The molecule has 0 bridgehead atoms. The molecule has 1 atom stereocenters. The fourth-order valence-corrected chi connectivity index (χ4v) is 1.94. The van der Waals surface area contributed by atoms with Gasteiger partial charge in [0.1, 0.15) is 0 Å². The topological polar surface area (TPSA) is 23.8 Å². The minimum atomic E-state index is 0.434. The highest BCUT2D eigenvalue weighted by Gasteiger charge is 2.14. The fourth-order valence-electron chi connectivity index (χ4n) is 1.94. The molecule has 0 fully saturated rings. The maximum Gasteiger partial charge on any atom is 0.0663 e. The van der Waals surface area contributed by atoms with Crippen molar-refractivity contribution in [2.24, 2.45) is 11.3 Å². The molecule has 0 spiro atoms. The number of rotatable bonds is 5. The van der Waals surface area contributed by atoms with Crippen LogP contribution in [0.25, 0.3) is 0 Å². The summed E-state index contributed by atoms with van der Waals surface area (Å²) in [6, 6.07) is 2.15. The van der Waals surface area contributed by atoms with Crippen molar-refractivity contribution >= 4 is 0 Å². The molecule has 0 amide bonds. The van der Waals surface area contributed by atoms with Gasteiger partial charge in [0.15, 0.2) is 0 Å². The molecule has 0 heterocycles. The number of allylic oxidation sites excluding steroid dienone is 2. The van der Waals surface area contributed by atoms with Crippen LogP contribution in [0.3, 0.4) is 0 Å². The van der Waals surface area contributed by atoms with Crippen LogP contribution >= 0.6 is 0 Å². The number of hydrogen-bond donors (Lipinski definition) is 0. The Hall–Kier alpha value is -0.770. The first-order valence-corrected chi connectivity index (χ1v) is 5.88. The summed E-state index contributed by atoms with van der Waals surface area (Å²) in [6.07, 6.45) is 6.26. The van der Waals surface area contributed by atoms with E-state index in [4.69, 9.17) is 5.26 Å². The Morgan fingerprint density at radius 3 is 2.47 bits per heavy atom. The molecule has 0 saturated carbocycles. The van der Waals surface area contributed by atoms with E-state index in [-0.39, 0.29) is 0 Å². The van der Waals surface area contributed by atoms with Gasteiger partial charge in [-0.1, -0.05) is 39.3 Å². The molecule has 0 rings (SSSR count). The van der Waals surface area contributed by atoms with Crippen LogP contribution in [0.15, 0.2) is 11.6 Å². The van der Waals surface area contributed by atoms with Crippen molar-refractivity contribution in [2.45, 2.75) is 60.3 Å². The van der Waals surface area contributed by atoms with E-state index >= 15 is 0 Å². The highest BCUT2D eigenvalue weighted by molar-refractivity contribution is 5.02. The van der Waals surface area contributed by atoms with Gasteiger partial charge in [-0.3, -0.25) is 0 Å². The Labute approximate surface area is 95.2 Å². The highest BCUT2D eigenvalue weighted by atomic mass is 14.2. The van der Waals surface area contributed by atoms with Gasteiger partial charge in [0.05, 0.1) is 12.5 Å². The summed E-state index contributed by atoms with van der Waals surface area (Å²) in [5, 5.41) is 8.45. The predicted octanol–water partition coefficient (Wildman–Crippen LogP) is 4.70. The third-order valence-corrected chi connectivity index (χ3v) is 2.53. The van der Waals surface area contributed by atoms with Crippen LogP contribution in [0.2, 0.25) is 0 Å². The Kier molecular flexibility index (Phi) is 6.32. The summed E-state index contributed by atoms with van der Waals surface area (Å²) in [5.74, 6) is 0.774. The maximum absolute atomic E-state index is 8.45. The van der Waals surface area contributed by atoms with Gasteiger partial charge in [-0.15, -0.1) is 0 Å². The van der Waals surface area contributed by atoms with Gasteiger partial charge in [0, 0.05) is 0 Å². The highest BCUT2D eigenvalue weighted by Crippen LogP contribution is 2.27. The number of nitriles is 1. The van der Waals surface area contributed by atoms with E-state index in [1.165, 1.54) is 18.4 Å². The van der Waals surface area contributed by atoms with Crippen LogP contribution in [0.4, 0.5) is 0 Å². The second kappa shape index (κ2) is 6.67. The van der Waals surface area contributed by atoms with E-state index in [1.807, 2.05) is 6.08 Å². The third-order valence-electron chi connectivity index (χ3n) is 2.53. The quantitative estimate of drug-likeness (QED) is 0.599. The van der Waals surface area contributed by atoms with E-state index in [2.05, 4.69) is 40.7 Å². The molecular formula is C14H25N. The third kappa shape index (κ3) is 9.53. The lowest BCUT2D eigenvalue weighted by molar-refractivity contribution is 0.297. The molecule has 0 aliphatic carbocycles. The summed E-state index contributed by atoms with van der Waals surface area (Å²) in [4.78, 5) is 0. The first-order chi connectivity index (χ1) is 6.85. The molecule has 0 aliphatic rings. The first-order valence-electron chi connectivity index (χ1n) is 5.88.